The van der Waals surface area contributed by atoms with Gasteiger partial charge in [0, 0.05) is 36.7 Å². The Kier molecular flexibility index (Phi) is 27.5. The number of benzene rings is 1. The maximum atomic E-state index is 12.2. The normalized spacial score (nSPS) is 21.5. The third-order valence-corrected chi connectivity index (χ3v) is 18.6. The Morgan fingerprint density at radius 1 is 0.692 bits per heavy atom. The monoisotopic (exact) mass is 1230 g/mol. The molecule has 4 rings (SSSR count). The molecule has 2 amide bonds. The highest BCUT2D eigenvalue weighted by Gasteiger charge is 2.40. The van der Waals surface area contributed by atoms with E-state index in [2.05, 4.69) is 68.2 Å². The Balaban J connectivity index is 0.962. The van der Waals surface area contributed by atoms with E-state index in [1.807, 2.05) is 0 Å². The summed E-state index contributed by atoms with van der Waals surface area (Å²) in [4.78, 5) is 97.3. The Bertz CT molecular complexity index is 2610. The smallest absolute Gasteiger partial charge is 0.280 e. The van der Waals surface area contributed by atoms with Gasteiger partial charge in [-0.25, -0.2) is 21.6 Å². The average Bonchev–Trinajstić information content (AvgIpc) is 3.69. The van der Waals surface area contributed by atoms with Crippen LogP contribution in [-0.2, 0) is 91.3 Å². The van der Waals surface area contributed by atoms with Crippen LogP contribution in [0.1, 0.15) is 51.3 Å². The molecule has 41 heteroatoms. The zero-order valence-corrected chi connectivity index (χ0v) is 46.8. The van der Waals surface area contributed by atoms with Gasteiger partial charge in [-0.05, 0) is 51.0 Å². The summed E-state index contributed by atoms with van der Waals surface area (Å²) in [6.07, 6.45) is -1.79. The summed E-state index contributed by atoms with van der Waals surface area (Å²) >= 11 is 0. The first-order chi connectivity index (χ1) is 36.5. The van der Waals surface area contributed by atoms with Gasteiger partial charge in [-0.2, -0.15) is 0 Å². The molecule has 2 aromatic rings. The van der Waals surface area contributed by atoms with E-state index >= 15 is 0 Å². The maximum Gasteiger partial charge on any atom is 0.280 e. The van der Waals surface area contributed by atoms with E-state index in [-0.39, 0.29) is 69.3 Å². The Morgan fingerprint density at radius 2 is 1.18 bits per heavy atom. The van der Waals surface area contributed by atoms with Crippen molar-refractivity contribution in [1.82, 2.24) is 35.9 Å². The van der Waals surface area contributed by atoms with Crippen molar-refractivity contribution < 1.29 is 130 Å². The van der Waals surface area contributed by atoms with Crippen molar-refractivity contribution in [2.45, 2.75) is 70.8 Å². The maximum absolute atomic E-state index is 12.2. The van der Waals surface area contributed by atoms with Gasteiger partial charge in [0.15, 0.2) is 5.82 Å². The molecule has 1 fully saturated rings. The molecule has 0 bridgehead atoms. The van der Waals surface area contributed by atoms with Gasteiger partial charge in [0.2, 0.25) is 11.7 Å². The molecule has 1 saturated heterocycles. The number of carbonyl (C=O) groups is 2. The fourth-order valence-corrected chi connectivity index (χ4v) is 13.6. The van der Waals surface area contributed by atoms with E-state index in [1.54, 1.807) is 31.2 Å². The van der Waals surface area contributed by atoms with Gasteiger partial charge in [0.05, 0.1) is 72.2 Å². The highest BCUT2D eigenvalue weighted by Crippen LogP contribution is 2.70. The Morgan fingerprint density at radius 3 is 1.73 bits per heavy atom. The minimum absolute atomic E-state index is 0.0228. The van der Waals surface area contributed by atoms with Crippen LogP contribution in [0.25, 0.3) is 11.4 Å². The van der Waals surface area contributed by atoms with Gasteiger partial charge in [0.25, 0.3) is 52.8 Å². The number of carbonyl (C=O) groups excluding carboxylic acids is 2. The summed E-state index contributed by atoms with van der Waals surface area (Å²) in [7, 11) is -39.4. The molecule has 6 unspecified atom stereocenters. The van der Waals surface area contributed by atoms with Gasteiger partial charge in [0.1, 0.15) is 30.5 Å². The number of hydrogen-bond donors (Lipinski definition) is 3. The van der Waals surface area contributed by atoms with Gasteiger partial charge >= 0.3 is 0 Å². The number of aliphatic hydroxyl groups excluding tert-OH is 1. The van der Waals surface area contributed by atoms with Crippen molar-refractivity contribution in [2.24, 2.45) is 0 Å². The Labute approximate surface area is 445 Å². The van der Waals surface area contributed by atoms with Gasteiger partial charge in [-0.1, -0.05) is 19.4 Å². The number of rotatable bonds is 39. The lowest BCUT2D eigenvalue weighted by atomic mass is 10.1. The average molecular weight is 1230 g/mol. The third-order valence-electron chi connectivity index (χ3n) is 9.59. The van der Waals surface area contributed by atoms with Gasteiger partial charge in [-0.15, -0.1) is 20.4 Å². The SMILES string of the molecule is C=C1NC(=O)C(C)=CN1[C@H]1C[C@@H](O)[C@@H](COP(=O)([O-])OP(=O)([O-])OP(=O)([O-])OP(=O)([O-])OP(=O)([O-])OP(=O)([O-])OCCCCCCNC(=O)CCOCCOCCOCCOCCOc2ccc(-c3nnc(C)nn3)cc2)O1. The molecule has 442 valence electrons. The first-order valence-electron chi connectivity index (χ1n) is 22.9. The molecule has 3 heterocycles. The summed E-state index contributed by atoms with van der Waals surface area (Å²) < 4.78 is 131. The van der Waals surface area contributed by atoms with Crippen LogP contribution in [-0.4, -0.2) is 140 Å². The molecule has 2 aliphatic heterocycles. The minimum atomic E-state index is -6.93. The summed E-state index contributed by atoms with van der Waals surface area (Å²) in [6, 6.07) is 7.17. The zero-order valence-electron chi connectivity index (χ0n) is 41.4. The van der Waals surface area contributed by atoms with E-state index in [0.29, 0.717) is 69.9 Å². The molecule has 78 heavy (non-hydrogen) atoms. The number of phosphoric acid groups is 6. The summed E-state index contributed by atoms with van der Waals surface area (Å²) in [5.41, 5.74) is 0.965. The molecule has 35 nitrogen and oxygen atoms in total. The van der Waals surface area contributed by atoms with Crippen LogP contribution < -0.4 is 44.7 Å². The summed E-state index contributed by atoms with van der Waals surface area (Å²) in [6.45, 7) is 7.82. The standard InChI is InChI=1S/C37H61N7O28P6/c1-27-25-44(29(3)39-37(27)47)35-24-32(45)33(67-35)26-66-74(50,51)69-76(54,55)71-78(58,59)72-77(56,57)70-75(52,53)68-73(48,49)65-14-7-5-4-6-13-38-34(46)12-15-60-16-17-61-18-19-62-20-21-63-22-23-64-31-10-8-30(9-11-31)36-42-40-28(2)41-43-36/h8-11,25,32-33,35,45H,3-7,12-24,26H2,1-2H3,(H,38,46)(H,39,47)(H,48,49)(H,50,51)(H,52,53)(H,54,55)(H,56,57)(H,58,59)/p-6/t32-,33-,35-/m1/s1. The summed E-state index contributed by atoms with van der Waals surface area (Å²) in [5, 5.41) is 31.1. The minimum Gasteiger partial charge on any atom is -0.756 e. The van der Waals surface area contributed by atoms with Crippen molar-refractivity contribution in [1.29, 1.82) is 0 Å². The van der Waals surface area contributed by atoms with Crippen LogP contribution in [0.3, 0.4) is 0 Å². The van der Waals surface area contributed by atoms with Gasteiger partial charge < -0.3 is 87.5 Å². The van der Waals surface area contributed by atoms with Crippen molar-refractivity contribution in [3.05, 3.63) is 54.3 Å². The summed E-state index contributed by atoms with van der Waals surface area (Å²) in [5.74, 6) is 0.782. The van der Waals surface area contributed by atoms with Gasteiger partial charge in [-0.3, -0.25) is 37.0 Å². The molecule has 0 radical (unpaired) electrons. The second kappa shape index (κ2) is 31.9. The van der Waals surface area contributed by atoms with Crippen molar-refractivity contribution in [2.75, 3.05) is 79.2 Å². The molecule has 9 atom stereocenters. The predicted molar refractivity (Wildman–Crippen MR) is 248 cm³/mol. The topological polar surface area (TPSA) is 494 Å². The molecule has 0 aliphatic carbocycles. The van der Waals surface area contributed by atoms with Crippen LogP contribution in [0.5, 0.6) is 5.75 Å². The quantitative estimate of drug-likeness (QED) is 0.0532. The van der Waals surface area contributed by atoms with Crippen molar-refractivity contribution in [3.63, 3.8) is 0 Å². The van der Waals surface area contributed by atoms with E-state index in [1.165, 1.54) is 18.0 Å². The predicted octanol–water partition coefficient (Wildman–Crippen LogP) is -1.04. The number of nitrogens with zero attached hydrogens (tertiary/aromatic N) is 5. The van der Waals surface area contributed by atoms with Crippen LogP contribution in [0, 0.1) is 6.92 Å². The molecule has 0 saturated carbocycles. The second-order valence-electron chi connectivity index (χ2n) is 15.9. The number of unbranched alkanes of at least 4 members (excludes halogenated alkanes) is 3. The van der Waals surface area contributed by atoms with E-state index in [4.69, 9.17) is 28.4 Å². The Hall–Kier alpha value is -3.20. The highest BCUT2D eigenvalue weighted by molar-refractivity contribution is 7.71. The lowest BCUT2D eigenvalue weighted by molar-refractivity contribution is -0.256. The second-order valence-corrected chi connectivity index (χ2v) is 25.0. The van der Waals surface area contributed by atoms with Crippen LogP contribution in [0.15, 0.2) is 48.4 Å². The first kappa shape index (κ1) is 67.3. The molecular formula is C37H55N7O28P6-6. The first-order valence-corrected chi connectivity index (χ1v) is 31.7. The van der Waals surface area contributed by atoms with E-state index < -0.39 is 84.5 Å². The van der Waals surface area contributed by atoms with Crippen molar-refractivity contribution in [3.8, 4) is 17.1 Å². The molecule has 1 aromatic heterocycles. The zero-order chi connectivity index (χ0) is 57.6. The molecular weight excluding hydrogens is 1180 g/mol. The lowest BCUT2D eigenvalue weighted by Gasteiger charge is -2.38. The van der Waals surface area contributed by atoms with Crippen LogP contribution >= 0.6 is 46.9 Å². The largest absolute Gasteiger partial charge is 0.756 e. The number of aromatic nitrogens is 4. The number of aliphatic hydroxyl groups is 1. The van der Waals surface area contributed by atoms with E-state index in [9.17, 15) is 71.4 Å². The molecule has 1 aromatic carbocycles. The number of nitrogens with one attached hydrogen (secondary N) is 2. The number of aryl methyl sites for hydroxylation is 1. The lowest BCUT2D eigenvalue weighted by Crippen LogP contribution is -2.42. The number of phosphoric ester groups is 2. The van der Waals surface area contributed by atoms with Crippen LogP contribution in [0.2, 0.25) is 0 Å². The van der Waals surface area contributed by atoms with Crippen molar-refractivity contribution >= 4 is 58.8 Å². The van der Waals surface area contributed by atoms with E-state index in [0.717, 1.165) is 5.56 Å². The molecule has 3 N–H and O–H groups in total. The molecule has 0 spiro atoms. The highest BCUT2D eigenvalue weighted by atomic mass is 31.3. The fourth-order valence-electron chi connectivity index (χ4n) is 6.13. The van der Waals surface area contributed by atoms with Crippen LogP contribution in [0.4, 0.5) is 0 Å². The molecule has 2 aliphatic rings. The number of hydrogen-bond acceptors (Lipinski definition) is 33. The number of ether oxygens (including phenoxy) is 6. The third kappa shape index (κ3) is 26.6. The fraction of sp³-hybridized carbons (Fsp3) is 0.622. The number of amides is 2.